The molecule has 0 aromatic carbocycles. The minimum atomic E-state index is -0.327. The second kappa shape index (κ2) is 6.60. The minimum Gasteiger partial charge on any atom is -0.462 e. The quantitative estimate of drug-likeness (QED) is 0.482. The van der Waals surface area contributed by atoms with Gasteiger partial charge in [0.1, 0.15) is 11.7 Å². The van der Waals surface area contributed by atoms with Gasteiger partial charge in [0.25, 0.3) is 0 Å². The molecule has 7 atom stereocenters. The molecule has 4 aliphatic carbocycles. The van der Waals surface area contributed by atoms with Gasteiger partial charge in [-0.2, -0.15) is 0 Å². The van der Waals surface area contributed by atoms with Crippen LogP contribution in [-0.4, -0.2) is 23.6 Å². The van der Waals surface area contributed by atoms with E-state index in [0.717, 1.165) is 44.9 Å². The van der Waals surface area contributed by atoms with Crippen LogP contribution in [0.5, 0.6) is 0 Å². The van der Waals surface area contributed by atoms with E-state index in [1.807, 2.05) is 0 Å². The molecule has 0 amide bonds. The number of ether oxygens (including phenoxy) is 2. The molecule has 156 valence electrons. The molecule has 0 bridgehead atoms. The summed E-state index contributed by atoms with van der Waals surface area (Å²) in [6, 6.07) is 0. The first-order valence-electron chi connectivity index (χ1n) is 11.2. The predicted molar refractivity (Wildman–Crippen MR) is 107 cm³/mol. The molecule has 0 radical (unpaired) electrons. The lowest BCUT2D eigenvalue weighted by Crippen LogP contribution is -2.54. The van der Waals surface area contributed by atoms with E-state index < -0.39 is 0 Å². The number of esters is 2. The highest BCUT2D eigenvalue weighted by Crippen LogP contribution is 2.67. The minimum absolute atomic E-state index is 0.0565. The van der Waals surface area contributed by atoms with Crippen molar-refractivity contribution in [3.05, 3.63) is 11.6 Å². The van der Waals surface area contributed by atoms with Crippen LogP contribution in [0.25, 0.3) is 0 Å². The third kappa shape index (κ3) is 2.85. The molecule has 0 heterocycles. The van der Waals surface area contributed by atoms with Crippen molar-refractivity contribution in [2.75, 3.05) is 0 Å². The molecule has 28 heavy (non-hydrogen) atoms. The first-order valence-corrected chi connectivity index (χ1v) is 11.2. The zero-order valence-electron chi connectivity index (χ0n) is 18.2. The second-order valence-corrected chi connectivity index (χ2v) is 10.6. The molecule has 0 saturated heterocycles. The fraction of sp³-hybridized carbons (Fsp3) is 0.833. The lowest BCUT2D eigenvalue weighted by atomic mass is 9.47. The molecular formula is C24H36O4. The molecule has 0 unspecified atom stereocenters. The maximum absolute atomic E-state index is 11.8. The van der Waals surface area contributed by atoms with E-state index >= 15 is 0 Å². The molecule has 0 aromatic heterocycles. The Balaban J connectivity index is 1.59. The number of carbonyl (C=O) groups is 2. The van der Waals surface area contributed by atoms with Crippen molar-refractivity contribution in [2.45, 2.75) is 97.7 Å². The molecule has 4 heteroatoms. The van der Waals surface area contributed by atoms with Crippen molar-refractivity contribution in [1.29, 1.82) is 0 Å². The van der Waals surface area contributed by atoms with Crippen LogP contribution in [0.1, 0.15) is 86.0 Å². The summed E-state index contributed by atoms with van der Waals surface area (Å²) in [5, 5.41) is 0. The van der Waals surface area contributed by atoms with Crippen molar-refractivity contribution in [2.24, 2.45) is 28.6 Å². The number of fused-ring (bicyclic) bond motifs is 5. The van der Waals surface area contributed by atoms with Gasteiger partial charge in [-0.3, -0.25) is 9.59 Å². The lowest BCUT2D eigenvalue weighted by molar-refractivity contribution is -0.177. The molecule has 4 rings (SSSR count). The molecule has 0 aliphatic heterocycles. The van der Waals surface area contributed by atoms with Gasteiger partial charge < -0.3 is 9.47 Å². The maximum Gasteiger partial charge on any atom is 0.303 e. The fourth-order valence-electron chi connectivity index (χ4n) is 7.67. The summed E-state index contributed by atoms with van der Waals surface area (Å²) >= 11 is 0. The van der Waals surface area contributed by atoms with E-state index in [1.54, 1.807) is 6.92 Å². The highest BCUT2D eigenvalue weighted by Gasteiger charge is 2.64. The Hall–Kier alpha value is -1.32. The number of rotatable bonds is 2. The Morgan fingerprint density at radius 2 is 1.68 bits per heavy atom. The van der Waals surface area contributed by atoms with Gasteiger partial charge in [0.2, 0.25) is 0 Å². The summed E-state index contributed by atoms with van der Waals surface area (Å²) in [7, 11) is 0. The summed E-state index contributed by atoms with van der Waals surface area (Å²) in [6.45, 7) is 10.1. The summed E-state index contributed by atoms with van der Waals surface area (Å²) in [6.07, 6.45) is 11.2. The van der Waals surface area contributed by atoms with Crippen LogP contribution < -0.4 is 0 Å². The van der Waals surface area contributed by atoms with E-state index in [4.69, 9.17) is 9.47 Å². The number of hydrogen-bond donors (Lipinski definition) is 0. The molecular weight excluding hydrogens is 352 g/mol. The summed E-state index contributed by atoms with van der Waals surface area (Å²) in [4.78, 5) is 23.2. The third-order valence-corrected chi connectivity index (χ3v) is 9.29. The van der Waals surface area contributed by atoms with E-state index in [2.05, 4.69) is 26.8 Å². The molecule has 3 fully saturated rings. The van der Waals surface area contributed by atoms with Crippen molar-refractivity contribution in [3.8, 4) is 0 Å². The Labute approximate surface area is 169 Å². The second-order valence-electron chi connectivity index (χ2n) is 10.6. The molecule has 0 N–H and O–H groups in total. The van der Waals surface area contributed by atoms with Crippen molar-refractivity contribution < 1.29 is 19.1 Å². The summed E-state index contributed by atoms with van der Waals surface area (Å²) in [5.41, 5.74) is 1.51. The van der Waals surface area contributed by atoms with Gasteiger partial charge in [-0.1, -0.05) is 25.5 Å². The molecule has 0 spiro atoms. The van der Waals surface area contributed by atoms with Crippen LogP contribution in [0.15, 0.2) is 11.6 Å². The standard InChI is InChI=1S/C24H36O4/c1-15(25)27-18-8-11-22(3)17(14-18)6-7-19-20(22)9-12-23(4)21(19)10-13-24(23,5)28-16(2)26/h6,18-21H,7-14H2,1-5H3/t18-,19+,20-,21-,22-,23-,24+/m0/s1. The first kappa shape index (κ1) is 20.0. The SMILES string of the molecule is CC(=O)O[C@H]1CC[C@@]2(C)C(=CC[C@@H]3[C@@H]2CC[C@@]2(C)[C@H]3CC[C@@]2(C)OC(C)=O)C1. The Bertz CT molecular complexity index is 711. The highest BCUT2D eigenvalue weighted by molar-refractivity contribution is 5.67. The highest BCUT2D eigenvalue weighted by atomic mass is 16.6. The average Bonchev–Trinajstić information content (AvgIpc) is 2.85. The van der Waals surface area contributed by atoms with Crippen molar-refractivity contribution in [3.63, 3.8) is 0 Å². The third-order valence-electron chi connectivity index (χ3n) is 9.29. The van der Waals surface area contributed by atoms with E-state index in [9.17, 15) is 9.59 Å². The monoisotopic (exact) mass is 388 g/mol. The number of allylic oxidation sites excluding steroid dienone is 1. The molecule has 0 aromatic rings. The van der Waals surface area contributed by atoms with Crippen LogP contribution in [0, 0.1) is 28.6 Å². The zero-order valence-corrected chi connectivity index (χ0v) is 18.2. The van der Waals surface area contributed by atoms with Crippen LogP contribution in [0.3, 0.4) is 0 Å². The topological polar surface area (TPSA) is 52.6 Å². The largest absolute Gasteiger partial charge is 0.462 e. The average molecular weight is 389 g/mol. The van der Waals surface area contributed by atoms with E-state index in [-0.39, 0.29) is 34.5 Å². The van der Waals surface area contributed by atoms with Crippen LogP contribution >= 0.6 is 0 Å². The first-order chi connectivity index (χ1) is 13.1. The van der Waals surface area contributed by atoms with Gasteiger partial charge in [-0.05, 0) is 75.0 Å². The van der Waals surface area contributed by atoms with Crippen LogP contribution in [-0.2, 0) is 19.1 Å². The zero-order chi connectivity index (χ0) is 20.3. The number of carbonyl (C=O) groups excluding carboxylic acids is 2. The maximum atomic E-state index is 11.8. The molecule has 3 saturated carbocycles. The smallest absolute Gasteiger partial charge is 0.303 e. The van der Waals surface area contributed by atoms with Gasteiger partial charge in [-0.15, -0.1) is 0 Å². The van der Waals surface area contributed by atoms with Crippen molar-refractivity contribution in [1.82, 2.24) is 0 Å². The Kier molecular flexibility index (Phi) is 4.71. The Morgan fingerprint density at radius 1 is 0.964 bits per heavy atom. The van der Waals surface area contributed by atoms with Gasteiger partial charge in [0, 0.05) is 25.7 Å². The van der Waals surface area contributed by atoms with Gasteiger partial charge >= 0.3 is 11.9 Å². The van der Waals surface area contributed by atoms with Crippen LogP contribution in [0.2, 0.25) is 0 Å². The fourth-order valence-corrected chi connectivity index (χ4v) is 7.67. The van der Waals surface area contributed by atoms with E-state index in [0.29, 0.717) is 17.8 Å². The normalized spacial score (nSPS) is 47.2. The molecule has 4 nitrogen and oxygen atoms in total. The lowest BCUT2D eigenvalue weighted by Gasteiger charge is -2.59. The van der Waals surface area contributed by atoms with E-state index in [1.165, 1.54) is 18.9 Å². The van der Waals surface area contributed by atoms with Gasteiger partial charge in [-0.25, -0.2) is 0 Å². The summed E-state index contributed by atoms with van der Waals surface area (Å²) < 4.78 is 11.5. The van der Waals surface area contributed by atoms with Crippen LogP contribution in [0.4, 0.5) is 0 Å². The van der Waals surface area contributed by atoms with Gasteiger partial charge in [0.05, 0.1) is 0 Å². The van der Waals surface area contributed by atoms with Crippen molar-refractivity contribution >= 4 is 11.9 Å². The Morgan fingerprint density at radius 3 is 2.36 bits per heavy atom. The number of hydrogen-bond acceptors (Lipinski definition) is 4. The van der Waals surface area contributed by atoms with Gasteiger partial charge in [0.15, 0.2) is 0 Å². The summed E-state index contributed by atoms with van der Waals surface area (Å²) in [5.74, 6) is 1.69. The predicted octanol–water partition coefficient (Wildman–Crippen LogP) is 5.20. The molecule has 4 aliphatic rings.